The van der Waals surface area contributed by atoms with Gasteiger partial charge in [0.15, 0.2) is 0 Å². The zero-order chi connectivity index (χ0) is 15.3. The Morgan fingerprint density at radius 1 is 1.25 bits per heavy atom. The summed E-state index contributed by atoms with van der Waals surface area (Å²) in [5.74, 6) is -0.863. The second kappa shape index (κ2) is 6.85. The highest BCUT2D eigenvalue weighted by atomic mass is 79.9. The summed E-state index contributed by atoms with van der Waals surface area (Å²) in [6.07, 6.45) is 0.640. The van der Waals surface area contributed by atoms with E-state index in [-0.39, 0.29) is 15.6 Å². The SMILES string of the molecule is CCC(Br)C(=O)Nc1ccc(S(=O)(=O)NC(C)=O)cc1. The van der Waals surface area contributed by atoms with Gasteiger partial charge < -0.3 is 5.32 Å². The predicted octanol–water partition coefficient (Wildman–Crippen LogP) is 1.62. The number of rotatable bonds is 5. The van der Waals surface area contributed by atoms with Gasteiger partial charge >= 0.3 is 0 Å². The van der Waals surface area contributed by atoms with Gasteiger partial charge in [-0.1, -0.05) is 22.9 Å². The molecule has 1 atom stereocenters. The molecule has 0 aliphatic heterocycles. The first-order valence-corrected chi connectivity index (χ1v) is 8.24. The van der Waals surface area contributed by atoms with Gasteiger partial charge in [0.25, 0.3) is 10.0 Å². The Morgan fingerprint density at radius 3 is 2.25 bits per heavy atom. The highest BCUT2D eigenvalue weighted by Crippen LogP contribution is 2.15. The summed E-state index contributed by atoms with van der Waals surface area (Å²) in [5, 5.41) is 2.64. The van der Waals surface area contributed by atoms with Crippen molar-refractivity contribution >= 4 is 43.5 Å². The average molecular weight is 363 g/mol. The number of benzene rings is 1. The van der Waals surface area contributed by atoms with Gasteiger partial charge in [0.05, 0.1) is 9.72 Å². The van der Waals surface area contributed by atoms with Gasteiger partial charge in [0.1, 0.15) is 0 Å². The van der Waals surface area contributed by atoms with Gasteiger partial charge in [-0.15, -0.1) is 0 Å². The van der Waals surface area contributed by atoms with Crippen LogP contribution in [0.5, 0.6) is 0 Å². The van der Waals surface area contributed by atoms with E-state index in [9.17, 15) is 18.0 Å². The van der Waals surface area contributed by atoms with Crippen LogP contribution in [0.15, 0.2) is 29.2 Å². The third kappa shape index (κ3) is 4.61. The first-order valence-electron chi connectivity index (χ1n) is 5.84. The fourth-order valence-electron chi connectivity index (χ4n) is 1.37. The monoisotopic (exact) mass is 362 g/mol. The van der Waals surface area contributed by atoms with Gasteiger partial charge in [-0.2, -0.15) is 0 Å². The third-order valence-electron chi connectivity index (χ3n) is 2.35. The minimum atomic E-state index is -3.85. The standard InChI is InChI=1S/C12H15BrN2O4S/c1-3-11(13)12(17)14-9-4-6-10(7-5-9)20(18,19)15-8(2)16/h4-7,11H,3H2,1-2H3,(H,14,17)(H,15,16). The fourth-order valence-corrected chi connectivity index (χ4v) is 2.48. The fraction of sp³-hybridized carbons (Fsp3) is 0.333. The molecule has 2 amide bonds. The Labute approximate surface area is 126 Å². The van der Waals surface area contributed by atoms with Crippen molar-refractivity contribution in [3.05, 3.63) is 24.3 Å². The number of anilines is 1. The van der Waals surface area contributed by atoms with E-state index >= 15 is 0 Å². The van der Waals surface area contributed by atoms with Gasteiger partial charge in [0.2, 0.25) is 11.8 Å². The summed E-state index contributed by atoms with van der Waals surface area (Å²) < 4.78 is 25.3. The van der Waals surface area contributed by atoms with Crippen LogP contribution in [0.2, 0.25) is 0 Å². The largest absolute Gasteiger partial charge is 0.325 e. The van der Waals surface area contributed by atoms with Gasteiger partial charge in [-0.05, 0) is 30.7 Å². The molecule has 0 fully saturated rings. The number of hydrogen-bond acceptors (Lipinski definition) is 4. The van der Waals surface area contributed by atoms with Crippen LogP contribution in [-0.2, 0) is 19.6 Å². The first-order chi connectivity index (χ1) is 9.26. The number of carbonyl (C=O) groups is 2. The van der Waals surface area contributed by atoms with Crippen LogP contribution in [0.25, 0.3) is 0 Å². The van der Waals surface area contributed by atoms with Crippen LogP contribution < -0.4 is 10.0 Å². The Morgan fingerprint density at radius 2 is 1.80 bits per heavy atom. The molecule has 0 heterocycles. The molecule has 0 aliphatic rings. The van der Waals surface area contributed by atoms with Crippen LogP contribution in [0, 0.1) is 0 Å². The highest BCUT2D eigenvalue weighted by Gasteiger charge is 2.16. The molecule has 20 heavy (non-hydrogen) atoms. The van der Waals surface area contributed by atoms with Crippen molar-refractivity contribution in [2.75, 3.05) is 5.32 Å². The predicted molar refractivity (Wildman–Crippen MR) is 79.1 cm³/mol. The molecule has 0 bridgehead atoms. The lowest BCUT2D eigenvalue weighted by atomic mass is 10.3. The van der Waals surface area contributed by atoms with Crippen LogP contribution in [-0.4, -0.2) is 25.1 Å². The number of carbonyl (C=O) groups excluding carboxylic acids is 2. The van der Waals surface area contributed by atoms with Crippen molar-refractivity contribution in [2.45, 2.75) is 30.0 Å². The zero-order valence-electron chi connectivity index (χ0n) is 11.0. The van der Waals surface area contributed by atoms with Crippen molar-refractivity contribution in [1.29, 1.82) is 0 Å². The Balaban J connectivity index is 2.84. The molecule has 1 unspecified atom stereocenters. The minimum absolute atomic E-state index is 0.0448. The van der Waals surface area contributed by atoms with Gasteiger partial charge in [-0.25, -0.2) is 13.1 Å². The second-order valence-corrected chi connectivity index (χ2v) is 6.84. The van der Waals surface area contributed by atoms with E-state index in [2.05, 4.69) is 21.2 Å². The number of hydrogen-bond donors (Lipinski definition) is 2. The number of sulfonamides is 1. The molecule has 0 aromatic heterocycles. The summed E-state index contributed by atoms with van der Waals surface area (Å²) in [6.45, 7) is 2.98. The number of alkyl halides is 1. The maximum absolute atomic E-state index is 11.7. The first kappa shape index (κ1) is 16.6. The summed E-state index contributed by atoms with van der Waals surface area (Å²) in [7, 11) is -3.85. The normalized spacial score (nSPS) is 12.6. The number of halogens is 1. The molecular weight excluding hydrogens is 348 g/mol. The molecule has 0 saturated heterocycles. The lowest BCUT2D eigenvalue weighted by Crippen LogP contribution is -2.28. The third-order valence-corrected chi connectivity index (χ3v) is 4.87. The van der Waals surface area contributed by atoms with E-state index in [4.69, 9.17) is 0 Å². The molecule has 0 radical (unpaired) electrons. The van der Waals surface area contributed by atoms with E-state index in [1.165, 1.54) is 24.3 Å². The molecule has 1 rings (SSSR count). The molecule has 1 aromatic carbocycles. The molecule has 2 N–H and O–H groups in total. The zero-order valence-corrected chi connectivity index (χ0v) is 13.4. The Kier molecular flexibility index (Phi) is 5.70. The van der Waals surface area contributed by atoms with Gasteiger partial charge in [-0.3, -0.25) is 9.59 Å². The summed E-state index contributed by atoms with van der Waals surface area (Å²) in [4.78, 5) is 22.1. The summed E-state index contributed by atoms with van der Waals surface area (Å²) in [5.41, 5.74) is 0.481. The number of nitrogens with one attached hydrogen (secondary N) is 2. The van der Waals surface area contributed by atoms with E-state index in [1.807, 2.05) is 11.6 Å². The second-order valence-electron chi connectivity index (χ2n) is 4.05. The van der Waals surface area contributed by atoms with Crippen LogP contribution in [0.1, 0.15) is 20.3 Å². The van der Waals surface area contributed by atoms with E-state index in [0.717, 1.165) is 6.92 Å². The maximum Gasteiger partial charge on any atom is 0.264 e. The van der Waals surface area contributed by atoms with Crippen molar-refractivity contribution in [3.8, 4) is 0 Å². The highest BCUT2D eigenvalue weighted by molar-refractivity contribution is 9.10. The van der Waals surface area contributed by atoms with Crippen molar-refractivity contribution in [2.24, 2.45) is 0 Å². The Hall–Kier alpha value is -1.41. The van der Waals surface area contributed by atoms with Crippen LogP contribution in [0.4, 0.5) is 5.69 Å². The molecule has 0 spiro atoms. The topological polar surface area (TPSA) is 92.3 Å². The summed E-state index contributed by atoms with van der Waals surface area (Å²) in [6, 6.07) is 5.55. The average Bonchev–Trinajstić information content (AvgIpc) is 2.36. The van der Waals surface area contributed by atoms with Crippen LogP contribution in [0.3, 0.4) is 0 Å². The quantitative estimate of drug-likeness (QED) is 0.778. The smallest absolute Gasteiger partial charge is 0.264 e. The van der Waals surface area contributed by atoms with Crippen LogP contribution >= 0.6 is 15.9 Å². The number of amides is 2. The van der Waals surface area contributed by atoms with Gasteiger partial charge in [0, 0.05) is 12.6 Å². The molecule has 1 aromatic rings. The van der Waals surface area contributed by atoms with Crippen molar-refractivity contribution in [3.63, 3.8) is 0 Å². The van der Waals surface area contributed by atoms with Crippen molar-refractivity contribution in [1.82, 2.24) is 4.72 Å². The molecule has 6 nitrogen and oxygen atoms in total. The molecule has 0 aliphatic carbocycles. The van der Waals surface area contributed by atoms with Crippen molar-refractivity contribution < 1.29 is 18.0 Å². The van der Waals surface area contributed by atoms with E-state index in [0.29, 0.717) is 12.1 Å². The molecule has 110 valence electrons. The minimum Gasteiger partial charge on any atom is -0.325 e. The van der Waals surface area contributed by atoms with E-state index in [1.54, 1.807) is 0 Å². The lowest BCUT2D eigenvalue weighted by Gasteiger charge is -2.09. The molecule has 8 heteroatoms. The Bertz CT molecular complexity index is 598. The molecular formula is C12H15BrN2O4S. The van der Waals surface area contributed by atoms with E-state index < -0.39 is 15.9 Å². The molecule has 0 saturated carbocycles. The maximum atomic E-state index is 11.7. The lowest BCUT2D eigenvalue weighted by molar-refractivity contribution is -0.117. The summed E-state index contributed by atoms with van der Waals surface area (Å²) >= 11 is 3.22.